The van der Waals surface area contributed by atoms with Crippen LogP contribution in [0.25, 0.3) is 0 Å². The molecule has 0 aliphatic rings. The van der Waals surface area contributed by atoms with E-state index in [1.165, 1.54) is 6.07 Å². The number of carbonyl (C=O) groups is 1. The smallest absolute Gasteiger partial charge is 0.255 e. The van der Waals surface area contributed by atoms with E-state index in [1.54, 1.807) is 55.5 Å². The van der Waals surface area contributed by atoms with Gasteiger partial charge in [0.05, 0.1) is 5.69 Å². The van der Waals surface area contributed by atoms with E-state index >= 15 is 0 Å². The molecule has 0 bridgehead atoms. The van der Waals surface area contributed by atoms with Crippen molar-refractivity contribution < 1.29 is 13.2 Å². The first-order chi connectivity index (χ1) is 10.0. The summed E-state index contributed by atoms with van der Waals surface area (Å²) in [6.45, 7) is 1.98. The summed E-state index contributed by atoms with van der Waals surface area (Å²) >= 11 is 0. The predicted octanol–water partition coefficient (Wildman–Crippen LogP) is 2.24. The number of benzene rings is 2. The average molecular weight is 304 g/mol. The molecule has 0 radical (unpaired) electrons. The summed E-state index contributed by atoms with van der Waals surface area (Å²) < 4.78 is 26.6. The largest absolute Gasteiger partial charge is 0.321 e. The highest BCUT2D eigenvalue weighted by Gasteiger charge is 2.18. The van der Waals surface area contributed by atoms with Crippen molar-refractivity contribution in [1.29, 1.82) is 0 Å². The minimum absolute atomic E-state index is 0.0520. The molecule has 0 spiro atoms. The lowest BCUT2D eigenvalue weighted by molar-refractivity contribution is 0.102. The van der Waals surface area contributed by atoms with Crippen molar-refractivity contribution in [2.75, 3.05) is 11.9 Å². The number of rotatable bonds is 5. The molecule has 5 nitrogen and oxygen atoms in total. The normalized spacial score (nSPS) is 11.1. The zero-order valence-corrected chi connectivity index (χ0v) is 12.4. The second-order valence-corrected chi connectivity index (χ2v) is 6.05. The number of nitrogens with one attached hydrogen (secondary N) is 2. The van der Waals surface area contributed by atoms with Crippen LogP contribution in [0.4, 0.5) is 5.69 Å². The molecule has 0 fully saturated rings. The van der Waals surface area contributed by atoms with Gasteiger partial charge in [-0.3, -0.25) is 4.79 Å². The lowest BCUT2D eigenvalue weighted by Crippen LogP contribution is -2.25. The Hall–Kier alpha value is -2.18. The fraction of sp³-hybridized carbons (Fsp3) is 0.133. The SMILES string of the molecule is CCNS(=O)(=O)c1ccccc1NC(=O)c1ccccc1. The second kappa shape index (κ2) is 6.51. The number of hydrogen-bond donors (Lipinski definition) is 2. The predicted molar refractivity (Wildman–Crippen MR) is 81.7 cm³/mol. The van der Waals surface area contributed by atoms with Gasteiger partial charge in [0.1, 0.15) is 4.90 Å². The van der Waals surface area contributed by atoms with E-state index in [-0.39, 0.29) is 23.0 Å². The summed E-state index contributed by atoms with van der Waals surface area (Å²) in [5.74, 6) is -0.352. The first-order valence-electron chi connectivity index (χ1n) is 6.49. The molecule has 2 aromatic rings. The number of sulfonamides is 1. The van der Waals surface area contributed by atoms with E-state index < -0.39 is 10.0 Å². The van der Waals surface area contributed by atoms with E-state index in [0.29, 0.717) is 5.56 Å². The number of carbonyl (C=O) groups excluding carboxylic acids is 1. The topological polar surface area (TPSA) is 75.3 Å². The highest BCUT2D eigenvalue weighted by atomic mass is 32.2. The van der Waals surface area contributed by atoms with Gasteiger partial charge >= 0.3 is 0 Å². The van der Waals surface area contributed by atoms with Gasteiger partial charge < -0.3 is 5.32 Å². The Labute approximate surface area is 124 Å². The fourth-order valence-corrected chi connectivity index (χ4v) is 3.06. The molecule has 0 heterocycles. The molecular formula is C15H16N2O3S. The third kappa shape index (κ3) is 3.68. The maximum absolute atomic E-state index is 12.1. The molecule has 0 saturated heterocycles. The zero-order chi connectivity index (χ0) is 15.3. The molecule has 2 N–H and O–H groups in total. The standard InChI is InChI=1S/C15H16N2O3S/c1-2-16-21(19,20)14-11-7-6-10-13(14)17-15(18)12-8-4-3-5-9-12/h3-11,16H,2H2,1H3,(H,17,18). The molecule has 0 aliphatic heterocycles. The Balaban J connectivity index is 2.32. The highest BCUT2D eigenvalue weighted by molar-refractivity contribution is 7.89. The Morgan fingerprint density at radius 3 is 2.29 bits per heavy atom. The summed E-state index contributed by atoms with van der Waals surface area (Å²) in [6.07, 6.45) is 0. The van der Waals surface area contributed by atoms with Crippen molar-refractivity contribution in [1.82, 2.24) is 4.72 Å². The van der Waals surface area contributed by atoms with Crippen LogP contribution in [0.5, 0.6) is 0 Å². The maximum atomic E-state index is 12.1. The van der Waals surface area contributed by atoms with Gasteiger partial charge in [0, 0.05) is 12.1 Å². The van der Waals surface area contributed by atoms with Crippen molar-refractivity contribution in [3.05, 3.63) is 60.2 Å². The molecule has 1 amide bonds. The summed E-state index contributed by atoms with van der Waals surface area (Å²) in [5, 5.41) is 2.63. The van der Waals surface area contributed by atoms with Crippen LogP contribution >= 0.6 is 0 Å². The first-order valence-corrected chi connectivity index (χ1v) is 7.98. The maximum Gasteiger partial charge on any atom is 0.255 e. The van der Waals surface area contributed by atoms with E-state index in [0.717, 1.165) is 0 Å². The highest BCUT2D eigenvalue weighted by Crippen LogP contribution is 2.21. The van der Waals surface area contributed by atoms with Crippen LogP contribution in [-0.4, -0.2) is 20.9 Å². The van der Waals surface area contributed by atoms with Gasteiger partial charge in [-0.1, -0.05) is 37.3 Å². The van der Waals surface area contributed by atoms with Crippen molar-refractivity contribution in [3.63, 3.8) is 0 Å². The molecule has 2 aromatic carbocycles. The Morgan fingerprint density at radius 1 is 1.00 bits per heavy atom. The van der Waals surface area contributed by atoms with E-state index in [1.807, 2.05) is 0 Å². The van der Waals surface area contributed by atoms with Crippen LogP contribution < -0.4 is 10.0 Å². The quantitative estimate of drug-likeness (QED) is 0.889. The van der Waals surface area contributed by atoms with E-state index in [2.05, 4.69) is 10.0 Å². The monoisotopic (exact) mass is 304 g/mol. The van der Waals surface area contributed by atoms with Crippen LogP contribution in [0.15, 0.2) is 59.5 Å². The Bertz CT molecular complexity index is 728. The molecule has 0 unspecified atom stereocenters. The molecule has 0 saturated carbocycles. The van der Waals surface area contributed by atoms with Crippen LogP contribution in [0.3, 0.4) is 0 Å². The number of anilines is 1. The second-order valence-electron chi connectivity index (χ2n) is 4.32. The van der Waals surface area contributed by atoms with Gasteiger partial charge in [-0.05, 0) is 24.3 Å². The number of para-hydroxylation sites is 1. The molecule has 110 valence electrons. The number of amides is 1. The molecule has 0 atom stereocenters. The average Bonchev–Trinajstić information content (AvgIpc) is 2.48. The van der Waals surface area contributed by atoms with Crippen molar-refractivity contribution in [2.24, 2.45) is 0 Å². The van der Waals surface area contributed by atoms with Crippen LogP contribution in [-0.2, 0) is 10.0 Å². The van der Waals surface area contributed by atoms with Gasteiger partial charge in [-0.15, -0.1) is 0 Å². The summed E-state index contributed by atoms with van der Waals surface area (Å²) in [6, 6.07) is 14.9. The summed E-state index contributed by atoms with van der Waals surface area (Å²) in [7, 11) is -3.63. The number of hydrogen-bond acceptors (Lipinski definition) is 3. The Morgan fingerprint density at radius 2 is 1.62 bits per heavy atom. The van der Waals surface area contributed by atoms with E-state index in [9.17, 15) is 13.2 Å². The third-order valence-electron chi connectivity index (χ3n) is 2.80. The molecule has 6 heteroatoms. The van der Waals surface area contributed by atoms with Gasteiger partial charge in [-0.2, -0.15) is 0 Å². The van der Waals surface area contributed by atoms with Crippen molar-refractivity contribution in [2.45, 2.75) is 11.8 Å². The fourth-order valence-electron chi connectivity index (χ4n) is 1.86. The van der Waals surface area contributed by atoms with Crippen LogP contribution in [0.1, 0.15) is 17.3 Å². The van der Waals surface area contributed by atoms with Crippen LogP contribution in [0.2, 0.25) is 0 Å². The third-order valence-corrected chi connectivity index (χ3v) is 4.40. The van der Waals surface area contributed by atoms with E-state index in [4.69, 9.17) is 0 Å². The lowest BCUT2D eigenvalue weighted by atomic mass is 10.2. The van der Waals surface area contributed by atoms with Gasteiger partial charge in [0.25, 0.3) is 5.91 Å². The molecular weight excluding hydrogens is 288 g/mol. The zero-order valence-electron chi connectivity index (χ0n) is 11.5. The van der Waals surface area contributed by atoms with Crippen molar-refractivity contribution >= 4 is 21.6 Å². The first kappa shape index (κ1) is 15.2. The van der Waals surface area contributed by atoms with Gasteiger partial charge in [0.2, 0.25) is 10.0 Å². The van der Waals surface area contributed by atoms with Gasteiger partial charge in [-0.25, -0.2) is 13.1 Å². The minimum atomic E-state index is -3.63. The van der Waals surface area contributed by atoms with Crippen LogP contribution in [0, 0.1) is 0 Å². The lowest BCUT2D eigenvalue weighted by Gasteiger charge is -2.11. The summed E-state index contributed by atoms with van der Waals surface area (Å²) in [5.41, 5.74) is 0.723. The van der Waals surface area contributed by atoms with Gasteiger partial charge in [0.15, 0.2) is 0 Å². The molecule has 21 heavy (non-hydrogen) atoms. The minimum Gasteiger partial charge on any atom is -0.321 e. The summed E-state index contributed by atoms with van der Waals surface area (Å²) in [4.78, 5) is 12.2. The molecule has 0 aliphatic carbocycles. The molecule has 2 rings (SSSR count). The molecule has 0 aromatic heterocycles. The Kier molecular flexibility index (Phi) is 4.72. The van der Waals surface area contributed by atoms with Crippen molar-refractivity contribution in [3.8, 4) is 0 Å².